The Bertz CT molecular complexity index is 147. The van der Waals surface area contributed by atoms with Gasteiger partial charge in [-0.1, -0.05) is 0 Å². The standard InChI is InChI=1S/C8H14O3/c1-8(7(9)10-2)5-3-4-6-11-8/h3-6H2,1-2H3/t8-/m1/s1. The second kappa shape index (κ2) is 3.22. The molecular weight excluding hydrogens is 144 g/mol. The minimum absolute atomic E-state index is 0.253. The lowest BCUT2D eigenvalue weighted by Gasteiger charge is -2.30. The van der Waals surface area contributed by atoms with E-state index in [-0.39, 0.29) is 5.97 Å². The highest BCUT2D eigenvalue weighted by Crippen LogP contribution is 2.25. The van der Waals surface area contributed by atoms with Crippen molar-refractivity contribution >= 4 is 5.97 Å². The van der Waals surface area contributed by atoms with E-state index < -0.39 is 5.60 Å². The van der Waals surface area contributed by atoms with Crippen LogP contribution in [0.2, 0.25) is 0 Å². The first-order valence-electron chi connectivity index (χ1n) is 3.91. The number of hydrogen-bond acceptors (Lipinski definition) is 3. The Balaban J connectivity index is 2.56. The van der Waals surface area contributed by atoms with Gasteiger partial charge >= 0.3 is 5.97 Å². The molecule has 1 aliphatic heterocycles. The van der Waals surface area contributed by atoms with Crippen LogP contribution in [-0.2, 0) is 14.3 Å². The zero-order valence-electron chi connectivity index (χ0n) is 7.05. The molecule has 1 rings (SSSR count). The Morgan fingerprint density at radius 3 is 2.73 bits per heavy atom. The minimum atomic E-state index is -0.674. The molecule has 1 atom stereocenters. The van der Waals surface area contributed by atoms with Crippen molar-refractivity contribution in [1.29, 1.82) is 0 Å². The first-order valence-corrected chi connectivity index (χ1v) is 3.91. The minimum Gasteiger partial charge on any atom is -0.467 e. The molecule has 0 N–H and O–H groups in total. The summed E-state index contributed by atoms with van der Waals surface area (Å²) >= 11 is 0. The van der Waals surface area contributed by atoms with Gasteiger partial charge in [0, 0.05) is 6.61 Å². The van der Waals surface area contributed by atoms with Gasteiger partial charge in [-0.2, -0.15) is 0 Å². The van der Waals surface area contributed by atoms with Gasteiger partial charge in [-0.25, -0.2) is 4.79 Å². The first kappa shape index (κ1) is 8.53. The van der Waals surface area contributed by atoms with E-state index >= 15 is 0 Å². The van der Waals surface area contributed by atoms with E-state index in [1.807, 2.05) is 0 Å². The molecular formula is C8H14O3. The summed E-state index contributed by atoms with van der Waals surface area (Å²) in [7, 11) is 1.39. The Labute approximate surface area is 66.7 Å². The predicted octanol–water partition coefficient (Wildman–Crippen LogP) is 1.12. The molecule has 0 spiro atoms. The molecule has 0 aromatic rings. The third-order valence-electron chi connectivity index (χ3n) is 2.09. The quantitative estimate of drug-likeness (QED) is 0.536. The van der Waals surface area contributed by atoms with Gasteiger partial charge in [0.15, 0.2) is 5.60 Å². The van der Waals surface area contributed by atoms with Crippen LogP contribution in [0, 0.1) is 0 Å². The van der Waals surface area contributed by atoms with Crippen molar-refractivity contribution < 1.29 is 14.3 Å². The van der Waals surface area contributed by atoms with Crippen LogP contribution in [0.4, 0.5) is 0 Å². The summed E-state index contributed by atoms with van der Waals surface area (Å²) < 4.78 is 9.97. The van der Waals surface area contributed by atoms with Crippen molar-refractivity contribution in [3.8, 4) is 0 Å². The maximum Gasteiger partial charge on any atom is 0.337 e. The Morgan fingerprint density at radius 1 is 1.55 bits per heavy atom. The van der Waals surface area contributed by atoms with Crippen LogP contribution in [0.25, 0.3) is 0 Å². The van der Waals surface area contributed by atoms with Gasteiger partial charge < -0.3 is 9.47 Å². The summed E-state index contributed by atoms with van der Waals surface area (Å²) in [6.07, 6.45) is 2.87. The molecule has 64 valence electrons. The van der Waals surface area contributed by atoms with Gasteiger partial charge in [-0.15, -0.1) is 0 Å². The summed E-state index contributed by atoms with van der Waals surface area (Å²) in [5, 5.41) is 0. The van der Waals surface area contributed by atoms with Gasteiger partial charge in [0.25, 0.3) is 0 Å². The highest BCUT2D eigenvalue weighted by Gasteiger charge is 2.36. The molecule has 1 aliphatic rings. The maximum absolute atomic E-state index is 11.1. The molecule has 0 aromatic carbocycles. The predicted molar refractivity (Wildman–Crippen MR) is 40.2 cm³/mol. The number of ether oxygens (including phenoxy) is 2. The molecule has 0 amide bonds. The van der Waals surface area contributed by atoms with E-state index in [1.54, 1.807) is 6.92 Å². The number of esters is 1. The molecule has 0 unspecified atom stereocenters. The summed E-state index contributed by atoms with van der Waals surface area (Å²) in [5.41, 5.74) is -0.674. The number of hydrogen-bond donors (Lipinski definition) is 0. The van der Waals surface area contributed by atoms with Gasteiger partial charge in [0.2, 0.25) is 0 Å². The molecule has 1 fully saturated rings. The average Bonchev–Trinajstić information content (AvgIpc) is 2.04. The topological polar surface area (TPSA) is 35.5 Å². The SMILES string of the molecule is COC(=O)[C@@]1(C)CCCCO1. The van der Waals surface area contributed by atoms with Gasteiger partial charge in [0.1, 0.15) is 0 Å². The summed E-state index contributed by atoms with van der Waals surface area (Å²) in [4.78, 5) is 11.1. The molecule has 0 aromatic heterocycles. The van der Waals surface area contributed by atoms with Crippen molar-refractivity contribution in [1.82, 2.24) is 0 Å². The average molecular weight is 158 g/mol. The zero-order chi connectivity index (χ0) is 8.32. The lowest BCUT2D eigenvalue weighted by molar-refractivity contribution is -0.172. The van der Waals surface area contributed by atoms with E-state index in [2.05, 4.69) is 4.74 Å². The molecule has 0 bridgehead atoms. The lowest BCUT2D eigenvalue weighted by atomic mass is 9.96. The fourth-order valence-electron chi connectivity index (χ4n) is 1.31. The van der Waals surface area contributed by atoms with Crippen LogP contribution in [0.3, 0.4) is 0 Å². The van der Waals surface area contributed by atoms with Crippen molar-refractivity contribution in [3.63, 3.8) is 0 Å². The normalized spacial score (nSPS) is 31.5. The van der Waals surface area contributed by atoms with E-state index in [9.17, 15) is 4.79 Å². The maximum atomic E-state index is 11.1. The highest BCUT2D eigenvalue weighted by atomic mass is 16.6. The van der Waals surface area contributed by atoms with Crippen molar-refractivity contribution in [2.45, 2.75) is 31.8 Å². The van der Waals surface area contributed by atoms with Crippen LogP contribution in [0.15, 0.2) is 0 Å². The molecule has 0 radical (unpaired) electrons. The second-order valence-electron chi connectivity index (χ2n) is 3.03. The van der Waals surface area contributed by atoms with Crippen molar-refractivity contribution in [3.05, 3.63) is 0 Å². The molecule has 0 saturated carbocycles. The van der Waals surface area contributed by atoms with Gasteiger partial charge in [-0.05, 0) is 26.2 Å². The first-order chi connectivity index (χ1) is 5.19. The third-order valence-corrected chi connectivity index (χ3v) is 2.09. The number of carbonyl (C=O) groups excluding carboxylic acids is 1. The molecule has 1 heterocycles. The zero-order valence-corrected chi connectivity index (χ0v) is 7.05. The smallest absolute Gasteiger partial charge is 0.337 e. The van der Waals surface area contributed by atoms with Gasteiger partial charge in [-0.3, -0.25) is 0 Å². The van der Waals surface area contributed by atoms with Crippen LogP contribution in [0.5, 0.6) is 0 Å². The molecule has 3 heteroatoms. The fourth-order valence-corrected chi connectivity index (χ4v) is 1.31. The number of methoxy groups -OCH3 is 1. The van der Waals surface area contributed by atoms with Crippen LogP contribution >= 0.6 is 0 Å². The van der Waals surface area contributed by atoms with Crippen LogP contribution in [0.1, 0.15) is 26.2 Å². The summed E-state index contributed by atoms with van der Waals surface area (Å²) in [6, 6.07) is 0. The van der Waals surface area contributed by atoms with E-state index in [4.69, 9.17) is 4.74 Å². The largest absolute Gasteiger partial charge is 0.467 e. The number of rotatable bonds is 1. The molecule has 3 nitrogen and oxygen atoms in total. The second-order valence-corrected chi connectivity index (χ2v) is 3.03. The van der Waals surface area contributed by atoms with E-state index in [1.165, 1.54) is 7.11 Å². The van der Waals surface area contributed by atoms with Crippen molar-refractivity contribution in [2.24, 2.45) is 0 Å². The Hall–Kier alpha value is -0.570. The van der Waals surface area contributed by atoms with E-state index in [0.29, 0.717) is 6.61 Å². The number of carbonyl (C=O) groups is 1. The Kier molecular flexibility index (Phi) is 2.49. The van der Waals surface area contributed by atoms with Crippen LogP contribution in [-0.4, -0.2) is 25.3 Å². The Morgan fingerprint density at radius 2 is 2.27 bits per heavy atom. The fraction of sp³-hybridized carbons (Fsp3) is 0.875. The molecule has 0 aliphatic carbocycles. The van der Waals surface area contributed by atoms with Crippen LogP contribution < -0.4 is 0 Å². The summed E-state index contributed by atoms with van der Waals surface area (Å²) in [5.74, 6) is -0.253. The summed E-state index contributed by atoms with van der Waals surface area (Å²) in [6.45, 7) is 2.46. The highest BCUT2D eigenvalue weighted by molar-refractivity contribution is 5.79. The molecule has 1 saturated heterocycles. The molecule has 11 heavy (non-hydrogen) atoms. The monoisotopic (exact) mass is 158 g/mol. The lowest BCUT2D eigenvalue weighted by Crippen LogP contribution is -2.42. The van der Waals surface area contributed by atoms with E-state index in [0.717, 1.165) is 19.3 Å². The van der Waals surface area contributed by atoms with Gasteiger partial charge in [0.05, 0.1) is 7.11 Å². The van der Waals surface area contributed by atoms with Crippen molar-refractivity contribution in [2.75, 3.05) is 13.7 Å². The third kappa shape index (κ3) is 1.71.